The average molecular weight is 369 g/mol. The molecule has 0 aromatic heterocycles. The third kappa shape index (κ3) is 3.39. The number of anilines is 1. The molecule has 0 radical (unpaired) electrons. The molecule has 1 unspecified atom stereocenters. The molecule has 1 N–H and O–H groups in total. The van der Waals surface area contributed by atoms with Gasteiger partial charge in [-0.15, -0.1) is 0 Å². The van der Waals surface area contributed by atoms with Crippen molar-refractivity contribution < 1.29 is 9.53 Å². The fraction of sp³-hybridized carbons (Fsp3) is 0.188. The Balaban J connectivity index is 2.48. The van der Waals surface area contributed by atoms with Crippen LogP contribution in [0.2, 0.25) is 5.02 Å². The highest BCUT2D eigenvalue weighted by Gasteiger charge is 2.37. The molecule has 21 heavy (non-hydrogen) atoms. The zero-order valence-electron chi connectivity index (χ0n) is 11.7. The summed E-state index contributed by atoms with van der Waals surface area (Å²) in [6, 6.07) is 14.8. The van der Waals surface area contributed by atoms with E-state index in [-0.39, 0.29) is 5.97 Å². The first kappa shape index (κ1) is 15.9. The summed E-state index contributed by atoms with van der Waals surface area (Å²) in [5, 5.41) is 3.73. The number of benzene rings is 2. The van der Waals surface area contributed by atoms with E-state index in [9.17, 15) is 4.79 Å². The normalized spacial score (nSPS) is 13.3. The summed E-state index contributed by atoms with van der Waals surface area (Å²) in [5.41, 5.74) is 0.416. The molecule has 0 aliphatic rings. The van der Waals surface area contributed by atoms with Crippen LogP contribution in [0.15, 0.2) is 53.0 Å². The molecular weight excluding hydrogens is 354 g/mol. The van der Waals surface area contributed by atoms with Crippen LogP contribution in [0.3, 0.4) is 0 Å². The molecule has 5 heteroatoms. The third-order valence-electron chi connectivity index (χ3n) is 3.25. The van der Waals surface area contributed by atoms with Gasteiger partial charge in [0, 0.05) is 4.47 Å². The fourth-order valence-electron chi connectivity index (χ4n) is 2.08. The van der Waals surface area contributed by atoms with E-state index in [2.05, 4.69) is 21.2 Å². The van der Waals surface area contributed by atoms with Gasteiger partial charge in [0.05, 0.1) is 17.8 Å². The maximum absolute atomic E-state index is 12.3. The first-order valence-corrected chi connectivity index (χ1v) is 7.51. The molecule has 0 aliphatic carbocycles. The van der Waals surface area contributed by atoms with E-state index < -0.39 is 5.54 Å². The summed E-state index contributed by atoms with van der Waals surface area (Å²) in [6.07, 6.45) is 0. The Hall–Kier alpha value is -1.52. The van der Waals surface area contributed by atoms with E-state index in [4.69, 9.17) is 16.3 Å². The lowest BCUT2D eigenvalue weighted by atomic mass is 9.91. The largest absolute Gasteiger partial charge is 0.467 e. The molecule has 0 fully saturated rings. The second-order valence-electron chi connectivity index (χ2n) is 4.73. The molecule has 2 aromatic carbocycles. The minimum Gasteiger partial charge on any atom is -0.467 e. The van der Waals surface area contributed by atoms with Crippen LogP contribution in [-0.4, -0.2) is 13.1 Å². The maximum atomic E-state index is 12.3. The Kier molecular flexibility index (Phi) is 4.91. The van der Waals surface area contributed by atoms with Crippen molar-refractivity contribution in [2.45, 2.75) is 12.5 Å². The summed E-state index contributed by atoms with van der Waals surface area (Å²) in [6.45, 7) is 1.77. The highest BCUT2D eigenvalue weighted by atomic mass is 79.9. The van der Waals surface area contributed by atoms with Gasteiger partial charge in [0.15, 0.2) is 5.54 Å². The number of para-hydroxylation sites is 1. The second-order valence-corrected chi connectivity index (χ2v) is 6.05. The van der Waals surface area contributed by atoms with Crippen LogP contribution in [0.4, 0.5) is 5.69 Å². The third-order valence-corrected chi connectivity index (χ3v) is 4.08. The minimum absolute atomic E-state index is 0.388. The van der Waals surface area contributed by atoms with Crippen LogP contribution >= 0.6 is 27.5 Å². The predicted octanol–water partition coefficient (Wildman–Crippen LogP) is 4.60. The van der Waals surface area contributed by atoms with Crippen molar-refractivity contribution in [1.82, 2.24) is 0 Å². The zero-order chi connectivity index (χ0) is 15.5. The quantitative estimate of drug-likeness (QED) is 0.801. The molecule has 0 saturated heterocycles. The number of esters is 1. The fourth-order valence-corrected chi connectivity index (χ4v) is 2.66. The lowest BCUT2D eigenvalue weighted by Crippen LogP contribution is -2.41. The van der Waals surface area contributed by atoms with Crippen molar-refractivity contribution in [3.8, 4) is 0 Å². The average Bonchev–Trinajstić information content (AvgIpc) is 2.48. The molecule has 110 valence electrons. The second kappa shape index (κ2) is 6.50. The number of rotatable bonds is 4. The zero-order valence-corrected chi connectivity index (χ0v) is 14.0. The van der Waals surface area contributed by atoms with Crippen LogP contribution in [0.5, 0.6) is 0 Å². The number of methoxy groups -OCH3 is 1. The summed E-state index contributed by atoms with van der Waals surface area (Å²) in [4.78, 5) is 12.3. The van der Waals surface area contributed by atoms with Gasteiger partial charge in [-0.05, 0) is 36.8 Å². The maximum Gasteiger partial charge on any atom is 0.335 e. The monoisotopic (exact) mass is 367 g/mol. The standard InChI is InChI=1S/C16H15BrClNO2/c1-16(15(20)21-2,11-6-5-7-12(17)10-11)19-14-9-4-3-8-13(14)18/h3-10,19H,1-2H3. The van der Waals surface area contributed by atoms with E-state index in [0.29, 0.717) is 10.7 Å². The number of nitrogens with one attached hydrogen (secondary N) is 1. The number of hydrogen-bond donors (Lipinski definition) is 1. The Morgan fingerprint density at radius 2 is 1.95 bits per heavy atom. The van der Waals surface area contributed by atoms with Gasteiger partial charge in [0.2, 0.25) is 0 Å². The summed E-state index contributed by atoms with van der Waals surface area (Å²) < 4.78 is 5.85. The molecule has 2 rings (SSSR count). The number of ether oxygens (including phenoxy) is 1. The Morgan fingerprint density at radius 3 is 2.57 bits per heavy atom. The number of carbonyl (C=O) groups is 1. The SMILES string of the molecule is COC(=O)C(C)(Nc1ccccc1Cl)c1cccc(Br)c1. The molecule has 0 amide bonds. The predicted molar refractivity (Wildman–Crippen MR) is 88.6 cm³/mol. The lowest BCUT2D eigenvalue weighted by Gasteiger charge is -2.30. The number of halogens is 2. The van der Waals surface area contributed by atoms with Gasteiger partial charge in [-0.2, -0.15) is 0 Å². The van der Waals surface area contributed by atoms with Gasteiger partial charge < -0.3 is 10.1 Å². The van der Waals surface area contributed by atoms with Crippen LogP contribution in [-0.2, 0) is 15.1 Å². The highest BCUT2D eigenvalue weighted by molar-refractivity contribution is 9.10. The van der Waals surface area contributed by atoms with Gasteiger partial charge in [0.1, 0.15) is 0 Å². The summed E-state index contributed by atoms with van der Waals surface area (Å²) >= 11 is 9.59. The first-order valence-electron chi connectivity index (χ1n) is 6.34. The summed E-state index contributed by atoms with van der Waals surface area (Å²) in [7, 11) is 1.37. The van der Waals surface area contributed by atoms with Gasteiger partial charge in [-0.1, -0.05) is 51.8 Å². The van der Waals surface area contributed by atoms with Gasteiger partial charge >= 0.3 is 5.97 Å². The molecular formula is C16H15BrClNO2. The first-order chi connectivity index (χ1) is 9.97. The van der Waals surface area contributed by atoms with Crippen LogP contribution in [0.1, 0.15) is 12.5 Å². The van der Waals surface area contributed by atoms with Crippen molar-refractivity contribution >= 4 is 39.2 Å². The molecule has 3 nitrogen and oxygen atoms in total. The van der Waals surface area contributed by atoms with Crippen LogP contribution in [0, 0.1) is 0 Å². The van der Waals surface area contributed by atoms with Crippen LogP contribution in [0.25, 0.3) is 0 Å². The lowest BCUT2D eigenvalue weighted by molar-refractivity contribution is -0.145. The van der Waals surface area contributed by atoms with Crippen molar-refractivity contribution in [3.05, 3.63) is 63.6 Å². The molecule has 2 aromatic rings. The molecule has 1 atom stereocenters. The number of hydrogen-bond acceptors (Lipinski definition) is 3. The van der Waals surface area contributed by atoms with Gasteiger partial charge in [-0.3, -0.25) is 0 Å². The van der Waals surface area contributed by atoms with Gasteiger partial charge in [0.25, 0.3) is 0 Å². The van der Waals surface area contributed by atoms with Crippen molar-refractivity contribution in [1.29, 1.82) is 0 Å². The Bertz CT molecular complexity index is 662. The number of carbonyl (C=O) groups excluding carboxylic acids is 1. The minimum atomic E-state index is -1.04. The van der Waals surface area contributed by atoms with E-state index in [1.807, 2.05) is 42.5 Å². The Labute approximate surface area is 137 Å². The van der Waals surface area contributed by atoms with E-state index in [1.165, 1.54) is 7.11 Å². The Morgan fingerprint density at radius 1 is 1.24 bits per heavy atom. The molecule has 0 bridgehead atoms. The summed E-state index contributed by atoms with van der Waals surface area (Å²) in [5.74, 6) is -0.388. The van der Waals surface area contributed by atoms with Crippen molar-refractivity contribution in [2.24, 2.45) is 0 Å². The topological polar surface area (TPSA) is 38.3 Å². The van der Waals surface area contributed by atoms with Gasteiger partial charge in [-0.25, -0.2) is 4.79 Å². The highest BCUT2D eigenvalue weighted by Crippen LogP contribution is 2.32. The van der Waals surface area contributed by atoms with E-state index in [0.717, 1.165) is 10.0 Å². The molecule has 0 spiro atoms. The van der Waals surface area contributed by atoms with E-state index >= 15 is 0 Å². The van der Waals surface area contributed by atoms with Crippen molar-refractivity contribution in [2.75, 3.05) is 12.4 Å². The molecule has 0 aliphatic heterocycles. The molecule has 0 saturated carbocycles. The van der Waals surface area contributed by atoms with Crippen molar-refractivity contribution in [3.63, 3.8) is 0 Å². The molecule has 0 heterocycles. The smallest absolute Gasteiger partial charge is 0.335 e. The van der Waals surface area contributed by atoms with E-state index in [1.54, 1.807) is 13.0 Å². The van der Waals surface area contributed by atoms with Crippen LogP contribution < -0.4 is 5.32 Å².